The molecule has 1 N–H and O–H groups in total. The number of rotatable bonds is 4. The predicted molar refractivity (Wildman–Crippen MR) is 114 cm³/mol. The van der Waals surface area contributed by atoms with Gasteiger partial charge in [0.2, 0.25) is 0 Å². The SMILES string of the molecule is CC(=O)/C(Sc1cc(C(C)(C)C)nc2c(-c3ccccc3)c(C)nn12)=C(/C)O. The van der Waals surface area contributed by atoms with Gasteiger partial charge in [-0.15, -0.1) is 0 Å². The summed E-state index contributed by atoms with van der Waals surface area (Å²) in [6, 6.07) is 12.0. The third kappa shape index (κ3) is 3.83. The largest absolute Gasteiger partial charge is 0.511 e. The highest BCUT2D eigenvalue weighted by molar-refractivity contribution is 8.04. The molecule has 5 nitrogen and oxygen atoms in total. The van der Waals surface area contributed by atoms with Gasteiger partial charge in [0, 0.05) is 11.0 Å². The number of aliphatic hydroxyl groups is 1. The van der Waals surface area contributed by atoms with Crippen molar-refractivity contribution in [3.05, 3.63) is 58.5 Å². The normalized spacial score (nSPS) is 12.9. The Morgan fingerprint density at radius 1 is 1.14 bits per heavy atom. The van der Waals surface area contributed by atoms with Gasteiger partial charge < -0.3 is 5.11 Å². The van der Waals surface area contributed by atoms with Crippen LogP contribution in [0.1, 0.15) is 46.0 Å². The van der Waals surface area contributed by atoms with Crippen molar-refractivity contribution in [2.75, 3.05) is 0 Å². The van der Waals surface area contributed by atoms with Gasteiger partial charge in [-0.2, -0.15) is 5.10 Å². The number of allylic oxidation sites excluding steroid dienone is 2. The Labute approximate surface area is 169 Å². The number of nitrogens with zero attached hydrogens (tertiary/aromatic N) is 3. The Kier molecular flexibility index (Phi) is 5.35. The van der Waals surface area contributed by atoms with E-state index in [0.29, 0.717) is 4.91 Å². The number of fused-ring (bicyclic) bond motifs is 1. The number of ketones is 1. The van der Waals surface area contributed by atoms with Crippen LogP contribution >= 0.6 is 11.8 Å². The second-order valence-corrected chi connectivity index (χ2v) is 8.89. The van der Waals surface area contributed by atoms with E-state index in [1.165, 1.54) is 25.6 Å². The highest BCUT2D eigenvalue weighted by Gasteiger charge is 2.24. The summed E-state index contributed by atoms with van der Waals surface area (Å²) in [5.41, 5.74) is 4.35. The summed E-state index contributed by atoms with van der Waals surface area (Å²) in [4.78, 5) is 17.2. The molecule has 0 bridgehead atoms. The van der Waals surface area contributed by atoms with Gasteiger partial charge in [0.1, 0.15) is 10.8 Å². The molecule has 146 valence electrons. The molecule has 2 heterocycles. The molecule has 0 aliphatic rings. The number of benzene rings is 1. The van der Waals surface area contributed by atoms with Crippen LogP contribution in [0.3, 0.4) is 0 Å². The molecular weight excluding hydrogens is 370 g/mol. The molecule has 1 aromatic carbocycles. The molecule has 28 heavy (non-hydrogen) atoms. The van der Waals surface area contributed by atoms with Crippen LogP contribution in [-0.4, -0.2) is 25.5 Å². The number of carbonyl (C=O) groups is 1. The highest BCUT2D eigenvalue weighted by atomic mass is 32.2. The summed E-state index contributed by atoms with van der Waals surface area (Å²) in [6.45, 7) is 11.2. The quantitative estimate of drug-likeness (QED) is 0.274. The molecule has 6 heteroatoms. The molecule has 3 rings (SSSR count). The van der Waals surface area contributed by atoms with E-state index < -0.39 is 0 Å². The van der Waals surface area contributed by atoms with Crippen molar-refractivity contribution >= 4 is 23.2 Å². The number of aliphatic hydroxyl groups excluding tert-OH is 1. The fourth-order valence-electron chi connectivity index (χ4n) is 3.00. The first-order chi connectivity index (χ1) is 13.1. The molecule has 0 aliphatic carbocycles. The highest BCUT2D eigenvalue weighted by Crippen LogP contribution is 2.36. The van der Waals surface area contributed by atoms with Crippen LogP contribution in [0, 0.1) is 6.92 Å². The van der Waals surface area contributed by atoms with Gasteiger partial charge in [0.15, 0.2) is 11.4 Å². The molecule has 0 saturated carbocycles. The fraction of sp³-hybridized carbons (Fsp3) is 0.318. The van der Waals surface area contributed by atoms with E-state index in [2.05, 4.69) is 20.8 Å². The number of carbonyl (C=O) groups excluding carboxylic acids is 1. The summed E-state index contributed by atoms with van der Waals surface area (Å²) in [5, 5.41) is 15.4. The van der Waals surface area contributed by atoms with Crippen molar-refractivity contribution in [2.45, 2.75) is 52.0 Å². The van der Waals surface area contributed by atoms with Gasteiger partial charge in [0.05, 0.1) is 16.3 Å². The van der Waals surface area contributed by atoms with E-state index in [4.69, 9.17) is 10.1 Å². The Bertz CT molecular complexity index is 1070. The molecule has 3 aromatic rings. The second-order valence-electron chi connectivity index (χ2n) is 7.86. The molecule has 0 saturated heterocycles. The summed E-state index contributed by atoms with van der Waals surface area (Å²) in [5.74, 6) is -0.175. The second kappa shape index (κ2) is 7.43. The van der Waals surface area contributed by atoms with Crippen LogP contribution in [0.15, 0.2) is 52.1 Å². The fourth-order valence-corrected chi connectivity index (χ4v) is 3.89. The van der Waals surface area contributed by atoms with Crippen LogP contribution in [0.5, 0.6) is 0 Å². The van der Waals surface area contributed by atoms with E-state index >= 15 is 0 Å². The molecule has 0 aliphatic heterocycles. The number of thioether (sulfide) groups is 1. The van der Waals surface area contributed by atoms with Gasteiger partial charge in [-0.05, 0) is 32.4 Å². The third-order valence-corrected chi connectivity index (χ3v) is 5.70. The Hall–Kier alpha value is -2.60. The van der Waals surface area contributed by atoms with Gasteiger partial charge in [-0.3, -0.25) is 4.79 Å². The Morgan fingerprint density at radius 2 is 1.79 bits per heavy atom. The van der Waals surface area contributed by atoms with E-state index in [-0.39, 0.29) is 17.0 Å². The zero-order chi connectivity index (χ0) is 20.6. The van der Waals surface area contributed by atoms with E-state index in [1.54, 1.807) is 4.52 Å². The Balaban J connectivity index is 2.33. The minimum atomic E-state index is -0.183. The van der Waals surface area contributed by atoms with Gasteiger partial charge >= 0.3 is 0 Å². The average Bonchev–Trinajstić information content (AvgIpc) is 2.94. The van der Waals surface area contributed by atoms with Crippen molar-refractivity contribution in [1.82, 2.24) is 14.6 Å². The molecule has 0 atom stereocenters. The lowest BCUT2D eigenvalue weighted by atomic mass is 9.92. The van der Waals surface area contributed by atoms with Crippen LogP contribution < -0.4 is 0 Å². The van der Waals surface area contributed by atoms with Crippen LogP contribution in [0.2, 0.25) is 0 Å². The topological polar surface area (TPSA) is 67.5 Å². The van der Waals surface area contributed by atoms with Crippen LogP contribution in [0.25, 0.3) is 16.8 Å². The van der Waals surface area contributed by atoms with Gasteiger partial charge in [-0.25, -0.2) is 9.50 Å². The summed E-state index contributed by atoms with van der Waals surface area (Å²) < 4.78 is 1.77. The van der Waals surface area contributed by atoms with Crippen molar-refractivity contribution in [3.63, 3.8) is 0 Å². The lowest BCUT2D eigenvalue weighted by Crippen LogP contribution is -2.15. The first kappa shape index (κ1) is 20.1. The zero-order valence-corrected chi connectivity index (χ0v) is 17.9. The molecule has 0 amide bonds. The summed E-state index contributed by atoms with van der Waals surface area (Å²) in [7, 11) is 0. The third-order valence-electron chi connectivity index (χ3n) is 4.42. The molecule has 0 radical (unpaired) electrons. The smallest absolute Gasteiger partial charge is 0.169 e. The van der Waals surface area contributed by atoms with E-state index in [1.807, 2.05) is 43.3 Å². The van der Waals surface area contributed by atoms with Crippen LogP contribution in [-0.2, 0) is 10.2 Å². The Morgan fingerprint density at radius 3 is 2.32 bits per heavy atom. The maximum atomic E-state index is 12.0. The lowest BCUT2D eigenvalue weighted by molar-refractivity contribution is -0.113. The first-order valence-corrected chi connectivity index (χ1v) is 9.96. The van der Waals surface area contributed by atoms with Crippen molar-refractivity contribution in [1.29, 1.82) is 0 Å². The lowest BCUT2D eigenvalue weighted by Gasteiger charge is -2.19. The van der Waals surface area contributed by atoms with Crippen molar-refractivity contribution in [3.8, 4) is 11.1 Å². The predicted octanol–water partition coefficient (Wildman–Crippen LogP) is 5.47. The molecular formula is C22H25N3O2S. The molecule has 0 spiro atoms. The van der Waals surface area contributed by atoms with Crippen molar-refractivity contribution in [2.24, 2.45) is 0 Å². The van der Waals surface area contributed by atoms with Gasteiger partial charge in [0.25, 0.3) is 0 Å². The maximum absolute atomic E-state index is 12.0. The van der Waals surface area contributed by atoms with E-state index in [9.17, 15) is 9.90 Å². The standard InChI is InChI=1S/C22H25N3O2S/c1-13-19(16-10-8-7-9-11-16)21-23-17(22(4,5)6)12-18(25(21)24-13)28-20(14(2)26)15(3)27/h7-12,26H,1-6H3/b20-14+. The van der Waals surface area contributed by atoms with Gasteiger partial charge in [-0.1, -0.05) is 62.9 Å². The van der Waals surface area contributed by atoms with Crippen molar-refractivity contribution < 1.29 is 9.90 Å². The maximum Gasteiger partial charge on any atom is 0.169 e. The van der Waals surface area contributed by atoms with E-state index in [0.717, 1.165) is 33.2 Å². The number of Topliss-reactive ketones (excluding diaryl/α,β-unsaturated/α-hetero) is 1. The number of aromatic nitrogens is 3. The first-order valence-electron chi connectivity index (χ1n) is 9.14. The summed E-state index contributed by atoms with van der Waals surface area (Å²) >= 11 is 1.22. The monoisotopic (exact) mass is 395 g/mol. The number of hydrogen-bond acceptors (Lipinski definition) is 5. The molecule has 0 fully saturated rings. The molecule has 2 aromatic heterocycles. The number of hydrogen-bond donors (Lipinski definition) is 1. The minimum Gasteiger partial charge on any atom is -0.511 e. The van der Waals surface area contributed by atoms with Crippen LogP contribution in [0.4, 0.5) is 0 Å². The molecule has 0 unspecified atom stereocenters. The minimum absolute atomic E-state index is 0.00642. The zero-order valence-electron chi connectivity index (χ0n) is 17.1. The number of aryl methyl sites for hydroxylation is 1. The summed E-state index contributed by atoms with van der Waals surface area (Å²) in [6.07, 6.45) is 0. The average molecular weight is 396 g/mol.